The van der Waals surface area contributed by atoms with Crippen molar-refractivity contribution in [2.45, 2.75) is 20.0 Å². The minimum Gasteiger partial charge on any atom is -0.365 e. The Bertz CT molecular complexity index is 429. The molecule has 1 aromatic rings. The van der Waals surface area contributed by atoms with Crippen molar-refractivity contribution in [2.75, 3.05) is 31.6 Å². The van der Waals surface area contributed by atoms with Gasteiger partial charge in [-0.15, -0.1) is 0 Å². The molecule has 0 spiro atoms. The zero-order chi connectivity index (χ0) is 13.1. The van der Waals surface area contributed by atoms with Gasteiger partial charge >= 0.3 is 0 Å². The summed E-state index contributed by atoms with van der Waals surface area (Å²) in [6, 6.07) is 1.93. The molecule has 1 aromatic heterocycles. The fraction of sp³-hybridized carbons (Fsp3) is 0.583. The third kappa shape index (κ3) is 2.76. The Balaban J connectivity index is 2.15. The maximum absolute atomic E-state index is 11.6. The van der Waals surface area contributed by atoms with Crippen molar-refractivity contribution in [2.24, 2.45) is 0 Å². The summed E-state index contributed by atoms with van der Waals surface area (Å²) in [5.74, 6) is 1.51. The topological polar surface area (TPSA) is 67.4 Å². The summed E-state index contributed by atoms with van der Waals surface area (Å²) in [6.45, 7) is 5.60. The lowest BCUT2D eigenvalue weighted by Gasteiger charge is -2.32. The number of amides is 1. The van der Waals surface area contributed by atoms with Crippen LogP contribution in [0.5, 0.6) is 0 Å². The van der Waals surface area contributed by atoms with Gasteiger partial charge in [0.2, 0.25) is 0 Å². The number of ether oxygens (including phenoxy) is 1. The molecule has 0 aliphatic carbocycles. The molecule has 1 fully saturated rings. The average molecular weight is 250 g/mol. The van der Waals surface area contributed by atoms with Crippen LogP contribution < -0.4 is 10.2 Å². The summed E-state index contributed by atoms with van der Waals surface area (Å²) in [5, 5.41) is 2.61. The summed E-state index contributed by atoms with van der Waals surface area (Å²) in [4.78, 5) is 22.3. The third-order valence-electron chi connectivity index (χ3n) is 2.88. The Morgan fingerprint density at radius 1 is 1.50 bits per heavy atom. The van der Waals surface area contributed by atoms with Crippen molar-refractivity contribution in [3.63, 3.8) is 0 Å². The van der Waals surface area contributed by atoms with Gasteiger partial charge in [0.25, 0.3) is 5.91 Å². The molecule has 0 saturated carbocycles. The minimum absolute atomic E-state index is 0.0952. The van der Waals surface area contributed by atoms with Gasteiger partial charge in [-0.05, 0) is 13.8 Å². The number of nitrogens with zero attached hydrogens (tertiary/aromatic N) is 3. The lowest BCUT2D eigenvalue weighted by Crippen LogP contribution is -2.49. The number of likely N-dealkylation sites (N-methyl/N-ethyl adjacent to an activating group) is 1. The van der Waals surface area contributed by atoms with Crippen LogP contribution in [0.1, 0.15) is 11.5 Å². The summed E-state index contributed by atoms with van der Waals surface area (Å²) in [6.07, 6.45) is -0.431. The first kappa shape index (κ1) is 12.8. The predicted octanol–water partition coefficient (Wildman–Crippen LogP) is 0.0446. The van der Waals surface area contributed by atoms with Crippen LogP contribution in [0.25, 0.3) is 0 Å². The van der Waals surface area contributed by atoms with E-state index in [9.17, 15) is 4.79 Å². The molecule has 1 atom stereocenters. The van der Waals surface area contributed by atoms with Crippen LogP contribution in [-0.4, -0.2) is 48.7 Å². The number of nitrogens with one attached hydrogen (secondary N) is 1. The molecular formula is C12H18N4O2. The highest BCUT2D eigenvalue weighted by Gasteiger charge is 2.26. The molecule has 1 saturated heterocycles. The number of hydrogen-bond donors (Lipinski definition) is 1. The standard InChI is InChI=1S/C12H18N4O2/c1-8-6-11(15-9(2)14-8)16-4-5-18-10(7-16)12(17)13-3/h6,10H,4-5,7H2,1-3H3,(H,13,17). The number of morpholine rings is 1. The van der Waals surface area contributed by atoms with Gasteiger partial charge in [-0.25, -0.2) is 9.97 Å². The molecule has 1 amide bonds. The molecule has 0 radical (unpaired) electrons. The number of aromatic nitrogens is 2. The Labute approximate surface area is 106 Å². The van der Waals surface area contributed by atoms with Crippen LogP contribution in [0.4, 0.5) is 5.82 Å². The maximum Gasteiger partial charge on any atom is 0.250 e. The second kappa shape index (κ2) is 5.30. The number of anilines is 1. The predicted molar refractivity (Wildman–Crippen MR) is 67.5 cm³/mol. The van der Waals surface area contributed by atoms with Crippen molar-refractivity contribution in [1.82, 2.24) is 15.3 Å². The number of carbonyl (C=O) groups is 1. The second-order valence-electron chi connectivity index (χ2n) is 4.33. The lowest BCUT2D eigenvalue weighted by molar-refractivity contribution is -0.132. The Morgan fingerprint density at radius 2 is 2.28 bits per heavy atom. The van der Waals surface area contributed by atoms with E-state index in [1.54, 1.807) is 7.05 Å². The van der Waals surface area contributed by atoms with E-state index in [1.165, 1.54) is 0 Å². The molecule has 1 aliphatic rings. The van der Waals surface area contributed by atoms with E-state index in [2.05, 4.69) is 20.2 Å². The highest BCUT2D eigenvalue weighted by Crippen LogP contribution is 2.16. The van der Waals surface area contributed by atoms with Gasteiger partial charge in [-0.3, -0.25) is 4.79 Å². The quantitative estimate of drug-likeness (QED) is 0.803. The van der Waals surface area contributed by atoms with Gasteiger partial charge in [-0.1, -0.05) is 0 Å². The Morgan fingerprint density at radius 3 is 2.94 bits per heavy atom. The van der Waals surface area contributed by atoms with Crippen LogP contribution >= 0.6 is 0 Å². The van der Waals surface area contributed by atoms with Crippen molar-refractivity contribution in [3.05, 3.63) is 17.6 Å². The molecule has 2 rings (SSSR count). The normalized spacial score (nSPS) is 19.7. The van der Waals surface area contributed by atoms with E-state index in [0.717, 1.165) is 23.9 Å². The molecule has 98 valence electrons. The van der Waals surface area contributed by atoms with Crippen molar-refractivity contribution in [3.8, 4) is 0 Å². The number of rotatable bonds is 2. The van der Waals surface area contributed by atoms with Gasteiger partial charge < -0.3 is 15.0 Å². The van der Waals surface area contributed by atoms with Crippen LogP contribution in [0.15, 0.2) is 6.07 Å². The molecule has 6 nitrogen and oxygen atoms in total. The van der Waals surface area contributed by atoms with Crippen LogP contribution in [0.3, 0.4) is 0 Å². The minimum atomic E-state index is -0.431. The number of aryl methyl sites for hydroxylation is 2. The average Bonchev–Trinajstić information content (AvgIpc) is 2.37. The first-order valence-electron chi connectivity index (χ1n) is 6.00. The fourth-order valence-corrected chi connectivity index (χ4v) is 2.04. The SMILES string of the molecule is CNC(=O)C1CN(c2cc(C)nc(C)n2)CCO1. The molecule has 18 heavy (non-hydrogen) atoms. The van der Waals surface area contributed by atoms with Gasteiger partial charge in [-0.2, -0.15) is 0 Å². The Hall–Kier alpha value is -1.69. The first-order chi connectivity index (χ1) is 8.60. The van der Waals surface area contributed by atoms with Crippen molar-refractivity contribution < 1.29 is 9.53 Å². The highest BCUT2D eigenvalue weighted by atomic mass is 16.5. The van der Waals surface area contributed by atoms with E-state index < -0.39 is 6.10 Å². The summed E-state index contributed by atoms with van der Waals surface area (Å²) in [7, 11) is 1.61. The summed E-state index contributed by atoms with van der Waals surface area (Å²) < 4.78 is 5.45. The van der Waals surface area contributed by atoms with E-state index in [1.807, 2.05) is 19.9 Å². The van der Waals surface area contributed by atoms with E-state index in [0.29, 0.717) is 13.2 Å². The highest BCUT2D eigenvalue weighted by molar-refractivity contribution is 5.81. The van der Waals surface area contributed by atoms with Gasteiger partial charge in [0.1, 0.15) is 11.6 Å². The van der Waals surface area contributed by atoms with Gasteiger partial charge in [0, 0.05) is 25.4 Å². The number of carbonyl (C=O) groups excluding carboxylic acids is 1. The molecule has 0 aromatic carbocycles. The van der Waals surface area contributed by atoms with Crippen LogP contribution in [-0.2, 0) is 9.53 Å². The van der Waals surface area contributed by atoms with Crippen LogP contribution in [0.2, 0.25) is 0 Å². The van der Waals surface area contributed by atoms with Crippen molar-refractivity contribution >= 4 is 11.7 Å². The fourth-order valence-electron chi connectivity index (χ4n) is 2.04. The van der Waals surface area contributed by atoms with Gasteiger partial charge in [0.05, 0.1) is 13.2 Å². The van der Waals surface area contributed by atoms with E-state index in [4.69, 9.17) is 4.74 Å². The molecule has 1 unspecified atom stereocenters. The molecule has 1 aliphatic heterocycles. The molecule has 1 N–H and O–H groups in total. The summed E-state index contributed by atoms with van der Waals surface area (Å²) >= 11 is 0. The third-order valence-corrected chi connectivity index (χ3v) is 2.88. The van der Waals surface area contributed by atoms with Crippen LogP contribution in [0, 0.1) is 13.8 Å². The van der Waals surface area contributed by atoms with Gasteiger partial charge in [0.15, 0.2) is 6.10 Å². The Kier molecular flexibility index (Phi) is 3.76. The second-order valence-corrected chi connectivity index (χ2v) is 4.33. The smallest absolute Gasteiger partial charge is 0.250 e. The monoisotopic (exact) mass is 250 g/mol. The van der Waals surface area contributed by atoms with Crippen molar-refractivity contribution in [1.29, 1.82) is 0 Å². The largest absolute Gasteiger partial charge is 0.365 e. The maximum atomic E-state index is 11.6. The molecule has 2 heterocycles. The zero-order valence-electron chi connectivity index (χ0n) is 10.9. The molecular weight excluding hydrogens is 232 g/mol. The molecule has 6 heteroatoms. The first-order valence-corrected chi connectivity index (χ1v) is 6.00. The summed E-state index contributed by atoms with van der Waals surface area (Å²) in [5.41, 5.74) is 0.931. The number of hydrogen-bond acceptors (Lipinski definition) is 5. The lowest BCUT2D eigenvalue weighted by atomic mass is 10.2. The molecule has 0 bridgehead atoms. The van der Waals surface area contributed by atoms with E-state index >= 15 is 0 Å². The van der Waals surface area contributed by atoms with E-state index in [-0.39, 0.29) is 5.91 Å². The zero-order valence-corrected chi connectivity index (χ0v) is 10.9.